The third-order valence-corrected chi connectivity index (χ3v) is 6.08. The van der Waals surface area contributed by atoms with Gasteiger partial charge in [-0.3, -0.25) is 9.55 Å². The number of ether oxygens (including phenoxy) is 1. The first-order valence-electron chi connectivity index (χ1n) is 7.55. The Morgan fingerprint density at radius 1 is 1.44 bits per heavy atom. The molecule has 9 heteroatoms. The van der Waals surface area contributed by atoms with Gasteiger partial charge in [-0.2, -0.15) is 0 Å². The van der Waals surface area contributed by atoms with Crippen LogP contribution in [0.25, 0.3) is 0 Å². The van der Waals surface area contributed by atoms with E-state index in [1.165, 1.54) is 18.4 Å². The molecule has 0 bridgehead atoms. The zero-order valence-electron chi connectivity index (χ0n) is 14.0. The van der Waals surface area contributed by atoms with E-state index in [1.54, 1.807) is 43.7 Å². The lowest BCUT2D eigenvalue weighted by atomic mass is 10.2. The van der Waals surface area contributed by atoms with Crippen molar-refractivity contribution >= 4 is 25.2 Å². The molecule has 2 aromatic rings. The maximum absolute atomic E-state index is 11.9. The molecule has 134 valence electrons. The Hall–Kier alpha value is -1.89. The molecule has 0 aliphatic heterocycles. The number of alkyl carbamates (subject to hydrolysis) is 1. The van der Waals surface area contributed by atoms with Gasteiger partial charge in [0.05, 0.1) is 10.5 Å². The smallest absolute Gasteiger partial charge is 0.408 e. The van der Waals surface area contributed by atoms with E-state index >= 15 is 0 Å². The van der Waals surface area contributed by atoms with Crippen molar-refractivity contribution in [2.45, 2.75) is 24.6 Å². The van der Waals surface area contributed by atoms with E-state index in [1.807, 2.05) is 6.07 Å². The largest absolute Gasteiger partial charge is 0.442 e. The Morgan fingerprint density at radius 2 is 2.24 bits per heavy atom. The Labute approximate surface area is 150 Å². The number of hydrogen-bond acceptors (Lipinski definition) is 6. The van der Waals surface area contributed by atoms with Crippen LogP contribution in [0.4, 0.5) is 4.79 Å². The molecule has 2 rings (SSSR count). The first kappa shape index (κ1) is 19.4. The van der Waals surface area contributed by atoms with Crippen molar-refractivity contribution in [3.05, 3.63) is 54.0 Å². The van der Waals surface area contributed by atoms with Gasteiger partial charge in [-0.1, -0.05) is 17.8 Å². The molecule has 0 radical (unpaired) electrons. The normalized spacial score (nSPS) is 14.4. The van der Waals surface area contributed by atoms with Crippen LogP contribution in [0.5, 0.6) is 0 Å². The first-order chi connectivity index (χ1) is 11.8. The van der Waals surface area contributed by atoms with Gasteiger partial charge in [-0.05, 0) is 30.7 Å². The molecule has 2 N–H and O–H groups in total. The molecule has 0 saturated carbocycles. The number of thioether (sulfide) groups is 1. The van der Waals surface area contributed by atoms with Gasteiger partial charge in [0.1, 0.15) is 6.10 Å². The molecule has 1 unspecified atom stereocenters. The summed E-state index contributed by atoms with van der Waals surface area (Å²) in [4.78, 5) is 29.4. The molecule has 0 aromatic carbocycles. The summed E-state index contributed by atoms with van der Waals surface area (Å²) in [6.45, 7) is 3.36. The van der Waals surface area contributed by atoms with E-state index in [-0.39, 0.29) is 12.0 Å². The summed E-state index contributed by atoms with van der Waals surface area (Å²) in [6.07, 6.45) is 3.97. The summed E-state index contributed by atoms with van der Waals surface area (Å²) in [7, 11) is -3.09. The van der Waals surface area contributed by atoms with Crippen LogP contribution in [-0.4, -0.2) is 33.1 Å². The molecule has 2 aromatic heterocycles. The topological polar surface area (TPSA) is 101 Å². The molecular weight excluding hydrogens is 361 g/mol. The van der Waals surface area contributed by atoms with Crippen LogP contribution in [0.1, 0.15) is 24.2 Å². The number of nitrogens with zero attached hydrogens (tertiary/aromatic N) is 2. The molecule has 0 aliphatic rings. The van der Waals surface area contributed by atoms with Crippen LogP contribution in [0.2, 0.25) is 0 Å². The maximum Gasteiger partial charge on any atom is 0.408 e. The van der Waals surface area contributed by atoms with Crippen LogP contribution in [0.15, 0.2) is 47.9 Å². The number of aromatic nitrogens is 2. The van der Waals surface area contributed by atoms with Crippen molar-refractivity contribution < 1.29 is 19.0 Å². The lowest BCUT2D eigenvalue weighted by molar-refractivity contribution is 0.106. The second-order valence-electron chi connectivity index (χ2n) is 5.51. The number of nitrogens with one attached hydrogen (secondary N) is 1. The summed E-state index contributed by atoms with van der Waals surface area (Å²) >= 11 is 1.21. The Balaban J connectivity index is 1.84. The number of hydrogen-bond donors (Lipinski definition) is 2. The van der Waals surface area contributed by atoms with Crippen LogP contribution < -0.4 is 5.32 Å². The number of carbonyl (C=O) groups is 1. The standard InChI is InChI=1S/C16H20N3O4PS/c1-12(14-4-3-6-17-10-14)23-16(20)19-9-13-5-7-18-15(8-13)25-11-24(2,21)22/h3-8,10,12H,9,11H2,1-2H3,(H,19,20)(H,21,22)/t12-/m0/s1. The van der Waals surface area contributed by atoms with E-state index < -0.39 is 19.6 Å². The minimum Gasteiger partial charge on any atom is -0.442 e. The van der Waals surface area contributed by atoms with Gasteiger partial charge in [-0.15, -0.1) is 0 Å². The molecule has 0 fully saturated rings. The summed E-state index contributed by atoms with van der Waals surface area (Å²) in [5.41, 5.74) is 1.74. The molecular formula is C16H20N3O4PS. The van der Waals surface area contributed by atoms with Gasteiger partial charge in [0.15, 0.2) is 0 Å². The minimum absolute atomic E-state index is 0.0988. The molecule has 0 saturated heterocycles. The molecule has 2 atom stereocenters. The van der Waals surface area contributed by atoms with Crippen molar-refractivity contribution in [3.8, 4) is 0 Å². The number of amides is 1. The average molecular weight is 381 g/mol. The van der Waals surface area contributed by atoms with E-state index in [2.05, 4.69) is 15.3 Å². The number of pyridine rings is 2. The zero-order valence-corrected chi connectivity index (χ0v) is 15.7. The molecule has 7 nitrogen and oxygen atoms in total. The molecule has 25 heavy (non-hydrogen) atoms. The third-order valence-electron chi connectivity index (χ3n) is 3.13. The Bertz CT molecular complexity index is 754. The van der Waals surface area contributed by atoms with Gasteiger partial charge < -0.3 is 14.9 Å². The third kappa shape index (κ3) is 7.25. The highest BCUT2D eigenvalue weighted by Crippen LogP contribution is 2.41. The van der Waals surface area contributed by atoms with Crippen molar-refractivity contribution in [3.63, 3.8) is 0 Å². The summed E-state index contributed by atoms with van der Waals surface area (Å²) < 4.78 is 16.6. The second-order valence-corrected chi connectivity index (χ2v) is 9.36. The first-order valence-corrected chi connectivity index (χ1v) is 10.8. The van der Waals surface area contributed by atoms with Gasteiger partial charge in [0.2, 0.25) is 7.37 Å². The van der Waals surface area contributed by atoms with E-state index in [0.29, 0.717) is 5.03 Å². The van der Waals surface area contributed by atoms with Crippen molar-refractivity contribution in [2.24, 2.45) is 0 Å². The lowest BCUT2D eigenvalue weighted by Gasteiger charge is -2.14. The lowest BCUT2D eigenvalue weighted by Crippen LogP contribution is -2.25. The molecule has 1 amide bonds. The van der Waals surface area contributed by atoms with Crippen molar-refractivity contribution in [1.82, 2.24) is 15.3 Å². The van der Waals surface area contributed by atoms with Crippen LogP contribution in [0, 0.1) is 0 Å². The van der Waals surface area contributed by atoms with Crippen LogP contribution in [0.3, 0.4) is 0 Å². The highest BCUT2D eigenvalue weighted by Gasteiger charge is 2.13. The highest BCUT2D eigenvalue weighted by atomic mass is 32.2. The predicted molar refractivity (Wildman–Crippen MR) is 96.7 cm³/mol. The van der Waals surface area contributed by atoms with Gasteiger partial charge in [-0.25, -0.2) is 9.78 Å². The molecule has 0 aliphatic carbocycles. The molecule has 0 spiro atoms. The van der Waals surface area contributed by atoms with E-state index in [0.717, 1.165) is 11.1 Å². The van der Waals surface area contributed by atoms with Crippen molar-refractivity contribution in [2.75, 3.05) is 12.2 Å². The summed E-state index contributed by atoms with van der Waals surface area (Å²) in [6, 6.07) is 7.15. The van der Waals surface area contributed by atoms with E-state index in [4.69, 9.17) is 4.74 Å². The highest BCUT2D eigenvalue weighted by molar-refractivity contribution is 8.04. The fraction of sp³-hybridized carbons (Fsp3) is 0.312. The van der Waals surface area contributed by atoms with E-state index in [9.17, 15) is 14.3 Å². The summed E-state index contributed by atoms with van der Waals surface area (Å²) in [5, 5.41) is 3.31. The molecule has 2 heterocycles. The van der Waals surface area contributed by atoms with Gasteiger partial charge >= 0.3 is 6.09 Å². The monoisotopic (exact) mass is 381 g/mol. The number of rotatable bonds is 7. The van der Waals surface area contributed by atoms with Crippen molar-refractivity contribution in [1.29, 1.82) is 0 Å². The van der Waals surface area contributed by atoms with Gasteiger partial charge in [0.25, 0.3) is 0 Å². The SMILES string of the molecule is C[C@H](OC(=O)NCc1ccnc(SCP(C)(=O)O)c1)c1cccnc1. The fourth-order valence-corrected chi connectivity index (χ4v) is 3.74. The Kier molecular flexibility index (Phi) is 6.99. The quantitative estimate of drug-likeness (QED) is 0.560. The predicted octanol–water partition coefficient (Wildman–Crippen LogP) is 3.41. The zero-order chi connectivity index (χ0) is 18.3. The van der Waals surface area contributed by atoms with Gasteiger partial charge in [0, 0.05) is 37.4 Å². The Morgan fingerprint density at radius 3 is 2.92 bits per heavy atom. The second kappa shape index (κ2) is 8.99. The fourth-order valence-electron chi connectivity index (χ4n) is 1.89. The average Bonchev–Trinajstić information content (AvgIpc) is 2.59. The minimum atomic E-state index is -3.09. The maximum atomic E-state index is 11.9. The van der Waals surface area contributed by atoms with Crippen LogP contribution >= 0.6 is 19.1 Å². The number of carbonyl (C=O) groups excluding carboxylic acids is 1. The van der Waals surface area contributed by atoms with Crippen LogP contribution in [-0.2, 0) is 15.8 Å². The summed E-state index contributed by atoms with van der Waals surface area (Å²) in [5.74, 6) is 0.